The number of hydrogen-bond acceptors (Lipinski definition) is 6. The molecule has 0 rings (SSSR count). The van der Waals surface area contributed by atoms with Crippen molar-refractivity contribution in [3.05, 3.63) is 0 Å². The standard InChI is InChI=1S/C24H46O7S.Ca.2H/c1-3-5-7-9-11-13-15-17-19-30-23(25)21-22(32(27,28)29)24(26)31-20-18-16-14-12-10-8-6-4-2;;;/h22H,3-21H2,1-2H3,(H,27,28,29);;;. The topological polar surface area (TPSA) is 107 Å². The van der Waals surface area contributed by atoms with Crippen LogP contribution in [-0.4, -0.2) is 81.1 Å². The Balaban J connectivity index is 0. The predicted molar refractivity (Wildman–Crippen MR) is 136 cm³/mol. The zero-order valence-corrected chi connectivity index (χ0v) is 21.1. The van der Waals surface area contributed by atoms with Crippen molar-refractivity contribution in [1.29, 1.82) is 0 Å². The van der Waals surface area contributed by atoms with Crippen molar-refractivity contribution >= 4 is 59.8 Å². The van der Waals surface area contributed by atoms with Crippen molar-refractivity contribution in [3.63, 3.8) is 0 Å². The van der Waals surface area contributed by atoms with Crippen molar-refractivity contribution in [2.75, 3.05) is 13.2 Å². The van der Waals surface area contributed by atoms with E-state index in [1.54, 1.807) is 0 Å². The van der Waals surface area contributed by atoms with Gasteiger partial charge in [-0.25, -0.2) is 0 Å². The Hall–Kier alpha value is 0.110. The average molecular weight is 521 g/mol. The van der Waals surface area contributed by atoms with E-state index < -0.39 is 33.7 Å². The summed E-state index contributed by atoms with van der Waals surface area (Å²) in [5.41, 5.74) is 0. The molecule has 1 N–H and O–H groups in total. The van der Waals surface area contributed by atoms with E-state index in [4.69, 9.17) is 9.47 Å². The van der Waals surface area contributed by atoms with Gasteiger partial charge in [-0.15, -0.1) is 0 Å². The second kappa shape index (κ2) is 23.8. The zero-order chi connectivity index (χ0) is 24.1. The van der Waals surface area contributed by atoms with Gasteiger partial charge in [0.1, 0.15) is 0 Å². The van der Waals surface area contributed by atoms with E-state index in [-0.39, 0.29) is 51.0 Å². The maximum absolute atomic E-state index is 12.1. The second-order valence-corrected chi connectivity index (χ2v) is 10.1. The van der Waals surface area contributed by atoms with Gasteiger partial charge in [0.15, 0.2) is 5.25 Å². The van der Waals surface area contributed by atoms with E-state index in [9.17, 15) is 22.6 Å². The molecule has 0 aromatic rings. The van der Waals surface area contributed by atoms with Crippen LogP contribution in [0.25, 0.3) is 0 Å². The molecule has 1 unspecified atom stereocenters. The van der Waals surface area contributed by atoms with Gasteiger partial charge in [0.05, 0.1) is 19.6 Å². The molecule has 0 saturated heterocycles. The normalized spacial score (nSPS) is 12.1. The zero-order valence-electron chi connectivity index (χ0n) is 20.3. The van der Waals surface area contributed by atoms with Crippen LogP contribution in [0.1, 0.15) is 123 Å². The maximum atomic E-state index is 12.1. The van der Waals surface area contributed by atoms with Gasteiger partial charge in [0.25, 0.3) is 10.1 Å². The van der Waals surface area contributed by atoms with Gasteiger partial charge >= 0.3 is 49.7 Å². The molecule has 0 saturated carbocycles. The summed E-state index contributed by atoms with van der Waals surface area (Å²) in [5.74, 6) is -1.92. The first-order valence-electron chi connectivity index (χ1n) is 12.6. The van der Waals surface area contributed by atoms with Crippen LogP contribution >= 0.6 is 0 Å². The third kappa shape index (κ3) is 22.3. The van der Waals surface area contributed by atoms with Crippen molar-refractivity contribution in [1.82, 2.24) is 0 Å². The number of unbranched alkanes of at least 4 members (excludes halogenated alkanes) is 14. The molecule has 0 amide bonds. The van der Waals surface area contributed by atoms with Gasteiger partial charge in [0, 0.05) is 0 Å². The van der Waals surface area contributed by atoms with E-state index >= 15 is 0 Å². The molecule has 0 aromatic carbocycles. The summed E-state index contributed by atoms with van der Waals surface area (Å²) in [7, 11) is -4.75. The molecule has 1 atom stereocenters. The third-order valence-corrected chi connectivity index (χ3v) is 6.56. The summed E-state index contributed by atoms with van der Waals surface area (Å²) < 4.78 is 42.4. The number of carbonyl (C=O) groups excluding carboxylic acids is 2. The Morgan fingerprint density at radius 1 is 0.667 bits per heavy atom. The first kappa shape index (κ1) is 35.3. The average Bonchev–Trinajstić information content (AvgIpc) is 2.74. The predicted octanol–water partition coefficient (Wildman–Crippen LogP) is 5.08. The fraction of sp³-hybridized carbons (Fsp3) is 0.917. The molecule has 0 spiro atoms. The van der Waals surface area contributed by atoms with Crippen LogP contribution in [-0.2, 0) is 29.2 Å². The molecule has 0 aliphatic heterocycles. The molecule has 33 heavy (non-hydrogen) atoms. The summed E-state index contributed by atoms with van der Waals surface area (Å²) in [4.78, 5) is 24.0. The molecule has 0 fully saturated rings. The van der Waals surface area contributed by atoms with Gasteiger partial charge < -0.3 is 9.47 Å². The molecule has 9 heteroatoms. The molecule has 0 aromatic heterocycles. The first-order valence-corrected chi connectivity index (χ1v) is 14.1. The molecular formula is C24H48CaO7S. The summed E-state index contributed by atoms with van der Waals surface area (Å²) in [6.07, 6.45) is 16.6. The number of rotatable bonds is 22. The van der Waals surface area contributed by atoms with Gasteiger partial charge in [0.2, 0.25) is 0 Å². The van der Waals surface area contributed by atoms with E-state index in [0.29, 0.717) is 12.8 Å². The summed E-state index contributed by atoms with van der Waals surface area (Å²) in [6.45, 7) is 4.61. The number of ether oxygens (including phenoxy) is 2. The van der Waals surface area contributed by atoms with Crippen molar-refractivity contribution in [2.45, 2.75) is 128 Å². The van der Waals surface area contributed by atoms with Gasteiger partial charge in [-0.2, -0.15) is 8.42 Å². The van der Waals surface area contributed by atoms with Crippen LogP contribution in [0.5, 0.6) is 0 Å². The molecule has 194 valence electrons. The minimum atomic E-state index is -4.75. The SMILES string of the molecule is CCCCCCCCCCOC(=O)CC(C(=O)OCCCCCCCCCC)S(=O)(=O)O.[CaH2]. The Labute approximate surface area is 231 Å². The van der Waals surface area contributed by atoms with Gasteiger partial charge in [-0.1, -0.05) is 104 Å². The van der Waals surface area contributed by atoms with Crippen LogP contribution < -0.4 is 0 Å². The van der Waals surface area contributed by atoms with E-state index in [1.807, 2.05) is 0 Å². The number of carbonyl (C=O) groups is 2. The van der Waals surface area contributed by atoms with Gasteiger partial charge in [-0.3, -0.25) is 14.1 Å². The van der Waals surface area contributed by atoms with E-state index in [0.717, 1.165) is 38.5 Å². The molecule has 0 heterocycles. The Morgan fingerprint density at radius 2 is 1.03 bits per heavy atom. The monoisotopic (exact) mass is 520 g/mol. The van der Waals surface area contributed by atoms with Crippen molar-refractivity contribution in [3.8, 4) is 0 Å². The van der Waals surface area contributed by atoms with Gasteiger partial charge in [-0.05, 0) is 12.8 Å². The fourth-order valence-electron chi connectivity index (χ4n) is 3.44. The molecule has 0 bridgehead atoms. The van der Waals surface area contributed by atoms with E-state index in [1.165, 1.54) is 51.4 Å². The Morgan fingerprint density at radius 3 is 1.42 bits per heavy atom. The van der Waals surface area contributed by atoms with E-state index in [2.05, 4.69) is 13.8 Å². The Bertz CT molecular complexity index is 581. The second-order valence-electron chi connectivity index (χ2n) is 8.55. The van der Waals surface area contributed by atoms with Crippen LogP contribution in [0.2, 0.25) is 0 Å². The van der Waals surface area contributed by atoms with Crippen LogP contribution in [0.15, 0.2) is 0 Å². The first-order chi connectivity index (χ1) is 15.3. The van der Waals surface area contributed by atoms with Crippen LogP contribution in [0, 0.1) is 0 Å². The molecule has 0 radical (unpaired) electrons. The third-order valence-electron chi connectivity index (χ3n) is 5.48. The number of hydrogen-bond donors (Lipinski definition) is 1. The quantitative estimate of drug-likeness (QED) is 0.0917. The summed E-state index contributed by atoms with van der Waals surface area (Å²) in [5, 5.41) is -1.93. The molecule has 7 nitrogen and oxygen atoms in total. The van der Waals surface area contributed by atoms with Crippen molar-refractivity contribution in [2.24, 2.45) is 0 Å². The molecular weight excluding hydrogens is 472 g/mol. The summed E-state index contributed by atoms with van der Waals surface area (Å²) >= 11 is 0. The van der Waals surface area contributed by atoms with Crippen LogP contribution in [0.3, 0.4) is 0 Å². The van der Waals surface area contributed by atoms with Crippen molar-refractivity contribution < 1.29 is 32.0 Å². The minimum absolute atomic E-state index is 0. The molecule has 0 aliphatic carbocycles. The molecule has 0 aliphatic rings. The fourth-order valence-corrected chi connectivity index (χ4v) is 4.10. The number of esters is 2. The van der Waals surface area contributed by atoms with Crippen LogP contribution in [0.4, 0.5) is 0 Å². The Kier molecular flexibility index (Phi) is 25.5. The summed E-state index contributed by atoms with van der Waals surface area (Å²) in [6, 6.07) is 0.